The van der Waals surface area contributed by atoms with Crippen molar-refractivity contribution >= 4 is 71.0 Å². The van der Waals surface area contributed by atoms with E-state index in [9.17, 15) is 4.79 Å². The molecule has 1 aromatic heterocycles. The molecule has 0 spiro atoms. The van der Waals surface area contributed by atoms with Crippen molar-refractivity contribution in [2.24, 2.45) is 0 Å². The van der Waals surface area contributed by atoms with Crippen LogP contribution in [-0.4, -0.2) is 50.3 Å². The van der Waals surface area contributed by atoms with Crippen LogP contribution in [0, 0.1) is 6.92 Å². The highest BCUT2D eigenvalue weighted by molar-refractivity contribution is 7.80. The number of anilines is 3. The minimum Gasteiger partial charge on any atom is -0.347 e. The number of hydrogen-bond donors (Lipinski definition) is 0. The monoisotopic (exact) mass is 490 g/mol. The molecule has 1 amide bonds. The number of nitrogens with zero attached hydrogens (tertiary/aromatic N) is 3. The summed E-state index contributed by atoms with van der Waals surface area (Å²) in [6.45, 7) is 7.34. The third-order valence-corrected chi connectivity index (χ3v) is 8.89. The molecule has 1 saturated heterocycles. The minimum atomic E-state index is -0.670. The molecule has 0 N–H and O–H groups in total. The highest BCUT2D eigenvalue weighted by Gasteiger charge is 2.28. The van der Waals surface area contributed by atoms with Crippen LogP contribution >= 0.6 is 23.6 Å². The predicted octanol–water partition coefficient (Wildman–Crippen LogP) is 5.56. The van der Waals surface area contributed by atoms with Gasteiger partial charge in [0.05, 0.1) is 15.3 Å². The molecule has 3 aromatic rings. The smallest absolute Gasteiger partial charge is 0.257 e. The fourth-order valence-electron chi connectivity index (χ4n) is 4.04. The third kappa shape index (κ3) is 4.67. The van der Waals surface area contributed by atoms with Crippen molar-refractivity contribution in [3.63, 3.8) is 0 Å². The Balaban J connectivity index is 1.79. The van der Waals surface area contributed by atoms with E-state index in [0.29, 0.717) is 11.7 Å². The number of thiophene rings is 1. The topological polar surface area (TPSA) is 26.8 Å². The van der Waals surface area contributed by atoms with Gasteiger partial charge in [0.25, 0.3) is 5.91 Å². The molecule has 4 nitrogen and oxygen atoms in total. The third-order valence-electron chi connectivity index (χ3n) is 5.79. The fourth-order valence-corrected chi connectivity index (χ4v) is 6.33. The van der Waals surface area contributed by atoms with Crippen molar-refractivity contribution in [3.8, 4) is 0 Å². The van der Waals surface area contributed by atoms with Crippen molar-refractivity contribution in [2.75, 3.05) is 25.5 Å². The van der Waals surface area contributed by atoms with Gasteiger partial charge in [-0.1, -0.05) is 49.5 Å². The number of aryl methyl sites for hydroxylation is 1. The van der Waals surface area contributed by atoms with E-state index in [1.165, 1.54) is 22.1 Å². The van der Waals surface area contributed by atoms with Gasteiger partial charge in [0.15, 0.2) is 5.11 Å². The summed E-state index contributed by atoms with van der Waals surface area (Å²) in [6, 6.07) is 21.5. The SMILES string of the molecule is Cc1ccccc1N(c1ccc(/C=C2\CN(C)C(=S)N(C)C2=O)s1)c1ccccc1[Si](C)C. The van der Waals surface area contributed by atoms with Gasteiger partial charge in [-0.2, -0.15) is 0 Å². The van der Waals surface area contributed by atoms with Gasteiger partial charge in [-0.15, -0.1) is 11.3 Å². The van der Waals surface area contributed by atoms with E-state index in [-0.39, 0.29) is 5.91 Å². The number of thiocarbonyl (C=S) groups is 1. The van der Waals surface area contributed by atoms with Crippen LogP contribution in [0.4, 0.5) is 16.4 Å². The summed E-state index contributed by atoms with van der Waals surface area (Å²) in [5, 5.41) is 3.09. The van der Waals surface area contributed by atoms with Gasteiger partial charge < -0.3 is 9.80 Å². The van der Waals surface area contributed by atoms with Gasteiger partial charge in [-0.3, -0.25) is 9.69 Å². The number of carbonyl (C=O) groups is 1. The quantitative estimate of drug-likeness (QED) is 0.266. The summed E-state index contributed by atoms with van der Waals surface area (Å²) in [5.41, 5.74) is 4.37. The van der Waals surface area contributed by atoms with Crippen molar-refractivity contribution in [2.45, 2.75) is 20.0 Å². The second-order valence-corrected chi connectivity index (χ2v) is 12.5. The van der Waals surface area contributed by atoms with Gasteiger partial charge in [-0.25, -0.2) is 0 Å². The number of rotatable bonds is 5. The molecule has 0 saturated carbocycles. The largest absolute Gasteiger partial charge is 0.347 e. The molecule has 1 radical (unpaired) electrons. The normalized spacial score (nSPS) is 15.6. The average molecular weight is 491 g/mol. The molecule has 0 atom stereocenters. The lowest BCUT2D eigenvalue weighted by Crippen LogP contribution is -2.49. The Morgan fingerprint density at radius 2 is 1.67 bits per heavy atom. The number of amides is 1. The molecule has 169 valence electrons. The van der Waals surface area contributed by atoms with E-state index in [1.54, 1.807) is 23.3 Å². The molecule has 0 unspecified atom stereocenters. The van der Waals surface area contributed by atoms with E-state index in [2.05, 4.69) is 85.6 Å². The Morgan fingerprint density at radius 3 is 2.36 bits per heavy atom. The highest BCUT2D eigenvalue weighted by atomic mass is 32.1. The second kappa shape index (κ2) is 9.63. The lowest BCUT2D eigenvalue weighted by Gasteiger charge is -2.33. The predicted molar refractivity (Wildman–Crippen MR) is 147 cm³/mol. The van der Waals surface area contributed by atoms with Crippen LogP contribution in [0.1, 0.15) is 10.4 Å². The zero-order valence-electron chi connectivity index (χ0n) is 19.6. The molecule has 4 rings (SSSR count). The van der Waals surface area contributed by atoms with Crippen LogP contribution in [0.25, 0.3) is 6.08 Å². The Hall–Kier alpha value is -2.74. The van der Waals surface area contributed by atoms with Gasteiger partial charge in [0, 0.05) is 35.9 Å². The van der Waals surface area contributed by atoms with E-state index in [1.807, 2.05) is 18.0 Å². The van der Waals surface area contributed by atoms with Crippen molar-refractivity contribution in [3.05, 3.63) is 76.7 Å². The maximum absolute atomic E-state index is 12.8. The number of para-hydroxylation sites is 2. The van der Waals surface area contributed by atoms with Crippen molar-refractivity contribution in [1.82, 2.24) is 9.80 Å². The molecule has 1 aliphatic rings. The fraction of sp³-hybridized carbons (Fsp3) is 0.231. The van der Waals surface area contributed by atoms with Crippen LogP contribution in [0.15, 0.2) is 66.2 Å². The first-order valence-electron chi connectivity index (χ1n) is 10.9. The lowest BCUT2D eigenvalue weighted by atomic mass is 10.1. The van der Waals surface area contributed by atoms with Crippen molar-refractivity contribution < 1.29 is 4.79 Å². The maximum Gasteiger partial charge on any atom is 0.257 e. The molecular weight excluding hydrogens is 463 g/mol. The highest BCUT2D eigenvalue weighted by Crippen LogP contribution is 2.40. The molecule has 1 aliphatic heterocycles. The summed E-state index contributed by atoms with van der Waals surface area (Å²) >= 11 is 7.04. The zero-order chi connectivity index (χ0) is 23.7. The molecule has 1 fully saturated rings. The summed E-state index contributed by atoms with van der Waals surface area (Å²) in [7, 11) is 2.99. The van der Waals surface area contributed by atoms with E-state index in [4.69, 9.17) is 12.2 Å². The van der Waals surface area contributed by atoms with Crippen LogP contribution < -0.4 is 10.1 Å². The molecule has 7 heteroatoms. The first-order chi connectivity index (χ1) is 15.8. The first kappa shape index (κ1) is 23.4. The Kier molecular flexibility index (Phi) is 6.83. The number of hydrogen-bond acceptors (Lipinski definition) is 4. The molecule has 2 aromatic carbocycles. The molecule has 0 aliphatic carbocycles. The van der Waals surface area contributed by atoms with E-state index >= 15 is 0 Å². The Bertz CT molecular complexity index is 1230. The van der Waals surface area contributed by atoms with Gasteiger partial charge in [0.2, 0.25) is 0 Å². The van der Waals surface area contributed by atoms with Crippen LogP contribution in [0.2, 0.25) is 13.1 Å². The molecular formula is C26H28N3OS2Si. The summed E-state index contributed by atoms with van der Waals surface area (Å²) < 4.78 is 0. The lowest BCUT2D eigenvalue weighted by molar-refractivity contribution is -0.123. The number of carbonyl (C=O) groups excluding carboxylic acids is 1. The van der Waals surface area contributed by atoms with Gasteiger partial charge >= 0.3 is 0 Å². The van der Waals surface area contributed by atoms with Crippen LogP contribution in [0.3, 0.4) is 0 Å². The number of benzene rings is 2. The van der Waals surface area contributed by atoms with Gasteiger partial charge in [-0.05, 0) is 60.2 Å². The van der Waals surface area contributed by atoms with E-state index in [0.717, 1.165) is 15.5 Å². The molecule has 2 heterocycles. The van der Waals surface area contributed by atoms with Gasteiger partial charge in [0.1, 0.15) is 5.00 Å². The number of likely N-dealkylation sites (N-methyl/N-ethyl adjacent to an activating group) is 2. The molecule has 0 bridgehead atoms. The summed E-state index contributed by atoms with van der Waals surface area (Å²) in [6.07, 6.45) is 2.00. The summed E-state index contributed by atoms with van der Waals surface area (Å²) in [4.78, 5) is 19.7. The minimum absolute atomic E-state index is 0.0293. The zero-order valence-corrected chi connectivity index (χ0v) is 22.3. The Morgan fingerprint density at radius 1 is 1.00 bits per heavy atom. The first-order valence-corrected chi connectivity index (χ1v) is 14.6. The second-order valence-electron chi connectivity index (χ2n) is 8.49. The molecule has 33 heavy (non-hydrogen) atoms. The van der Waals surface area contributed by atoms with Crippen LogP contribution in [0.5, 0.6) is 0 Å². The van der Waals surface area contributed by atoms with Crippen LogP contribution in [-0.2, 0) is 4.79 Å². The van der Waals surface area contributed by atoms with E-state index < -0.39 is 8.80 Å². The Labute approximate surface area is 207 Å². The summed E-state index contributed by atoms with van der Waals surface area (Å²) in [5.74, 6) is -0.0293. The maximum atomic E-state index is 12.8. The van der Waals surface area contributed by atoms with Crippen molar-refractivity contribution in [1.29, 1.82) is 0 Å². The average Bonchev–Trinajstić information content (AvgIpc) is 3.25. The standard InChI is InChI=1S/C26H28N3OS2Si/c1-18-10-6-7-11-21(18)29(22-12-8-9-13-23(22)33(4)5)24-15-14-20(32-24)16-19-17-27(2)26(31)28(3)25(19)30/h6-16H,17H2,1-5H3/b19-16+.